The molecule has 32 heavy (non-hydrogen) atoms. The van der Waals surface area contributed by atoms with E-state index in [0.29, 0.717) is 5.76 Å². The molecule has 10 heteroatoms. The van der Waals surface area contributed by atoms with Gasteiger partial charge in [-0.3, -0.25) is 9.69 Å². The molecule has 0 bridgehead atoms. The maximum Gasteiger partial charge on any atom is 0.229 e. The van der Waals surface area contributed by atoms with Crippen molar-refractivity contribution >= 4 is 42.4 Å². The third-order valence-electron chi connectivity index (χ3n) is 4.73. The number of hydrogen-bond donors (Lipinski definition) is 0. The Labute approximate surface area is 187 Å². The summed E-state index contributed by atoms with van der Waals surface area (Å²) in [5, 5.41) is 0.178. The van der Waals surface area contributed by atoms with Crippen LogP contribution in [0.3, 0.4) is 0 Å². The van der Waals surface area contributed by atoms with Crippen LogP contribution in [0.25, 0.3) is 10.2 Å². The van der Waals surface area contributed by atoms with Crippen LogP contribution in [0.4, 0.5) is 13.9 Å². The second-order valence-corrected chi connectivity index (χ2v) is 10.1. The van der Waals surface area contributed by atoms with E-state index in [1.54, 1.807) is 30.3 Å². The first kappa shape index (κ1) is 22.1. The minimum absolute atomic E-state index is 0.0290. The number of rotatable bonds is 8. The standard InChI is InChI=1S/C22H18F2N2O4S2/c23-15-12-18(24)21-19(13-15)31-22(25-21)26(14-16-6-4-10-30-16)20(27)9-5-11-32(28,29)17-7-2-1-3-8-17/h1-4,6-8,10,12-13H,5,9,11,14H2. The highest BCUT2D eigenvalue weighted by Gasteiger charge is 2.23. The van der Waals surface area contributed by atoms with E-state index >= 15 is 0 Å². The quantitative estimate of drug-likeness (QED) is 0.359. The summed E-state index contributed by atoms with van der Waals surface area (Å²) in [5.41, 5.74) is -0.0321. The highest BCUT2D eigenvalue weighted by Crippen LogP contribution is 2.32. The van der Waals surface area contributed by atoms with Gasteiger partial charge in [-0.25, -0.2) is 22.2 Å². The Hall–Kier alpha value is -3.11. The van der Waals surface area contributed by atoms with Crippen LogP contribution in [0, 0.1) is 11.6 Å². The van der Waals surface area contributed by atoms with Gasteiger partial charge in [-0.05, 0) is 36.8 Å². The molecule has 6 nitrogen and oxygen atoms in total. The fourth-order valence-electron chi connectivity index (χ4n) is 3.18. The number of benzene rings is 2. The van der Waals surface area contributed by atoms with Gasteiger partial charge in [0.2, 0.25) is 5.91 Å². The average Bonchev–Trinajstić information content (AvgIpc) is 3.42. The third kappa shape index (κ3) is 4.86. The molecule has 0 N–H and O–H groups in total. The van der Waals surface area contributed by atoms with Crippen LogP contribution in [0.5, 0.6) is 0 Å². The summed E-state index contributed by atoms with van der Waals surface area (Å²) < 4.78 is 58.2. The third-order valence-corrected chi connectivity index (χ3v) is 7.58. The first-order valence-electron chi connectivity index (χ1n) is 9.69. The molecule has 0 radical (unpaired) electrons. The number of aromatic nitrogens is 1. The average molecular weight is 477 g/mol. The summed E-state index contributed by atoms with van der Waals surface area (Å²) in [7, 11) is -3.52. The molecule has 2 aromatic heterocycles. The zero-order valence-electron chi connectivity index (χ0n) is 16.7. The monoisotopic (exact) mass is 476 g/mol. The lowest BCUT2D eigenvalue weighted by Crippen LogP contribution is -2.30. The predicted octanol–water partition coefficient (Wildman–Crippen LogP) is 4.95. The van der Waals surface area contributed by atoms with Gasteiger partial charge in [0.1, 0.15) is 17.1 Å². The van der Waals surface area contributed by atoms with Crippen LogP contribution in [0.15, 0.2) is 70.2 Å². The lowest BCUT2D eigenvalue weighted by molar-refractivity contribution is -0.118. The van der Waals surface area contributed by atoms with Gasteiger partial charge < -0.3 is 4.42 Å². The SMILES string of the molecule is O=C(CCCS(=O)(=O)c1ccccc1)N(Cc1ccco1)c1nc2c(F)cc(F)cc2s1. The first-order valence-corrected chi connectivity index (χ1v) is 12.2. The predicted molar refractivity (Wildman–Crippen MR) is 117 cm³/mol. The number of amides is 1. The number of hydrogen-bond acceptors (Lipinski definition) is 6. The smallest absolute Gasteiger partial charge is 0.229 e. The van der Waals surface area contributed by atoms with Gasteiger partial charge >= 0.3 is 0 Å². The first-order chi connectivity index (χ1) is 15.3. The Morgan fingerprint density at radius 2 is 1.88 bits per heavy atom. The van der Waals surface area contributed by atoms with E-state index in [4.69, 9.17) is 4.42 Å². The normalized spacial score (nSPS) is 11.7. The van der Waals surface area contributed by atoms with Crippen LogP contribution in [-0.4, -0.2) is 25.1 Å². The molecule has 4 rings (SSSR count). The molecule has 0 unspecified atom stereocenters. The van der Waals surface area contributed by atoms with Crippen LogP contribution in [0.1, 0.15) is 18.6 Å². The number of sulfone groups is 1. The molecule has 0 aliphatic rings. The maximum absolute atomic E-state index is 14.1. The van der Waals surface area contributed by atoms with Gasteiger partial charge in [0, 0.05) is 12.5 Å². The van der Waals surface area contributed by atoms with Crippen LogP contribution >= 0.6 is 11.3 Å². The number of nitrogens with zero attached hydrogens (tertiary/aromatic N) is 2. The molecule has 166 valence electrons. The van der Waals surface area contributed by atoms with Crippen molar-refractivity contribution in [2.24, 2.45) is 0 Å². The van der Waals surface area contributed by atoms with Gasteiger partial charge in [0.25, 0.3) is 0 Å². The molecule has 0 saturated carbocycles. The molecule has 0 saturated heterocycles. The lowest BCUT2D eigenvalue weighted by Gasteiger charge is -2.18. The lowest BCUT2D eigenvalue weighted by atomic mass is 10.3. The summed E-state index contributed by atoms with van der Waals surface area (Å²) in [6, 6.07) is 13.2. The topological polar surface area (TPSA) is 80.5 Å². The fourth-order valence-corrected chi connectivity index (χ4v) is 5.53. The summed E-state index contributed by atoms with van der Waals surface area (Å²) in [6.07, 6.45) is 1.48. The molecule has 0 aliphatic carbocycles. The van der Waals surface area contributed by atoms with Gasteiger partial charge in [-0.1, -0.05) is 29.5 Å². The molecule has 0 spiro atoms. The molecular weight excluding hydrogens is 458 g/mol. The Balaban J connectivity index is 1.54. The van der Waals surface area contributed by atoms with Crippen molar-refractivity contribution in [3.05, 3.63) is 78.3 Å². The van der Waals surface area contributed by atoms with Crippen molar-refractivity contribution in [1.29, 1.82) is 0 Å². The number of carbonyl (C=O) groups excluding carboxylic acids is 1. The van der Waals surface area contributed by atoms with Gasteiger partial charge in [-0.2, -0.15) is 0 Å². The van der Waals surface area contributed by atoms with E-state index in [-0.39, 0.29) is 45.4 Å². The van der Waals surface area contributed by atoms with E-state index in [0.717, 1.165) is 23.5 Å². The minimum Gasteiger partial charge on any atom is -0.467 e. The summed E-state index contributed by atoms with van der Waals surface area (Å²) >= 11 is 0.974. The molecular formula is C22H18F2N2O4S2. The van der Waals surface area contributed by atoms with Crippen molar-refractivity contribution in [1.82, 2.24) is 4.98 Å². The number of anilines is 1. The Bertz CT molecular complexity index is 1340. The zero-order valence-corrected chi connectivity index (χ0v) is 18.3. The van der Waals surface area contributed by atoms with E-state index in [1.165, 1.54) is 23.3 Å². The highest BCUT2D eigenvalue weighted by atomic mass is 32.2. The van der Waals surface area contributed by atoms with Crippen LogP contribution in [-0.2, 0) is 21.2 Å². The van der Waals surface area contributed by atoms with E-state index < -0.39 is 27.4 Å². The van der Waals surface area contributed by atoms with E-state index in [2.05, 4.69) is 4.98 Å². The Kier molecular flexibility index (Phi) is 6.33. The summed E-state index contributed by atoms with van der Waals surface area (Å²) in [4.78, 5) is 18.7. The van der Waals surface area contributed by atoms with Crippen LogP contribution in [0.2, 0.25) is 0 Å². The van der Waals surface area contributed by atoms with Crippen molar-refractivity contribution in [2.45, 2.75) is 24.3 Å². The van der Waals surface area contributed by atoms with Gasteiger partial charge in [-0.15, -0.1) is 0 Å². The number of thiazole rings is 1. The van der Waals surface area contributed by atoms with Gasteiger partial charge in [0.05, 0.1) is 28.2 Å². The molecule has 0 fully saturated rings. The second kappa shape index (κ2) is 9.17. The highest BCUT2D eigenvalue weighted by molar-refractivity contribution is 7.91. The Morgan fingerprint density at radius 1 is 1.09 bits per heavy atom. The molecule has 2 heterocycles. The molecule has 0 atom stereocenters. The maximum atomic E-state index is 14.1. The van der Waals surface area contributed by atoms with E-state index in [9.17, 15) is 22.0 Å². The zero-order chi connectivity index (χ0) is 22.7. The largest absolute Gasteiger partial charge is 0.467 e. The number of furan rings is 1. The number of halogens is 2. The number of fused-ring (bicyclic) bond motifs is 1. The van der Waals surface area contributed by atoms with Crippen molar-refractivity contribution in [2.75, 3.05) is 10.7 Å². The summed E-state index contributed by atoms with van der Waals surface area (Å²) in [5.74, 6) is -1.68. The van der Waals surface area contributed by atoms with Gasteiger partial charge in [0.15, 0.2) is 20.8 Å². The number of carbonyl (C=O) groups is 1. The minimum atomic E-state index is -3.52. The van der Waals surface area contributed by atoms with Crippen molar-refractivity contribution in [3.8, 4) is 0 Å². The summed E-state index contributed by atoms with van der Waals surface area (Å²) in [6.45, 7) is 0.0290. The fraction of sp³-hybridized carbons (Fsp3) is 0.182. The van der Waals surface area contributed by atoms with Crippen LogP contribution < -0.4 is 4.90 Å². The molecule has 2 aromatic carbocycles. The molecule has 0 aliphatic heterocycles. The van der Waals surface area contributed by atoms with Crippen molar-refractivity contribution in [3.63, 3.8) is 0 Å². The van der Waals surface area contributed by atoms with Crippen molar-refractivity contribution < 1.29 is 26.4 Å². The van der Waals surface area contributed by atoms with E-state index in [1.807, 2.05) is 0 Å². The second-order valence-electron chi connectivity index (χ2n) is 7.03. The molecule has 1 amide bonds. The Morgan fingerprint density at radius 3 is 2.59 bits per heavy atom. The molecule has 4 aromatic rings.